The molecule has 7 nitrogen and oxygen atoms in total. The average Bonchev–Trinajstić information content (AvgIpc) is 2.80. The summed E-state index contributed by atoms with van der Waals surface area (Å²) in [5.41, 5.74) is -0.0221. The molecule has 0 N–H and O–H groups in total. The molecule has 0 unspecified atom stereocenters. The van der Waals surface area contributed by atoms with E-state index in [1.54, 1.807) is 29.1 Å². The van der Waals surface area contributed by atoms with E-state index in [0.717, 1.165) is 5.16 Å². The number of hydrogen-bond acceptors (Lipinski definition) is 6. The Labute approximate surface area is 113 Å². The van der Waals surface area contributed by atoms with Gasteiger partial charge >= 0.3 is 5.69 Å². The molecule has 100 valence electrons. The summed E-state index contributed by atoms with van der Waals surface area (Å²) < 4.78 is 7.22. The molecule has 0 aliphatic rings. The molecule has 2 rings (SSSR count). The predicted octanol–water partition coefficient (Wildman–Crippen LogP) is 1.89. The topological polar surface area (TPSA) is 83.1 Å². The highest BCUT2D eigenvalue weighted by Gasteiger charge is 2.13. The molecule has 8 heteroatoms. The number of ether oxygens (including phenoxy) is 1. The van der Waals surface area contributed by atoms with Crippen molar-refractivity contribution in [3.63, 3.8) is 0 Å². The van der Waals surface area contributed by atoms with Crippen molar-refractivity contribution in [3.8, 4) is 5.75 Å². The third-order valence-electron chi connectivity index (χ3n) is 2.30. The first-order valence-corrected chi connectivity index (χ1v) is 6.50. The lowest BCUT2D eigenvalue weighted by Crippen LogP contribution is -2.03. The number of thioether (sulfide) groups is 1. The Morgan fingerprint density at radius 2 is 2.26 bits per heavy atom. The standard InChI is InChI=1S/C11H12N4O3S/c1-14-8-12-13-11(14)19-7-6-18-10-5-3-2-4-9(10)15(16)17/h2-5,8H,6-7H2,1H3. The molecule has 1 aromatic carbocycles. The minimum atomic E-state index is -0.453. The molecular formula is C11H12N4O3S. The molecule has 1 aromatic heterocycles. The molecular weight excluding hydrogens is 268 g/mol. The van der Waals surface area contributed by atoms with Crippen LogP contribution in [0.15, 0.2) is 35.7 Å². The minimum absolute atomic E-state index is 0.0221. The SMILES string of the molecule is Cn1cnnc1SCCOc1ccccc1[N+](=O)[O-]. The van der Waals surface area contributed by atoms with Gasteiger partial charge in [0.2, 0.25) is 0 Å². The molecule has 0 atom stereocenters. The van der Waals surface area contributed by atoms with Crippen LogP contribution in [0.4, 0.5) is 5.69 Å². The molecule has 0 radical (unpaired) electrons. The highest BCUT2D eigenvalue weighted by Crippen LogP contribution is 2.26. The summed E-state index contributed by atoms with van der Waals surface area (Å²) in [6.07, 6.45) is 1.62. The fourth-order valence-corrected chi connectivity index (χ4v) is 2.12. The quantitative estimate of drug-likeness (QED) is 0.348. The van der Waals surface area contributed by atoms with E-state index in [1.165, 1.54) is 17.8 Å². The van der Waals surface area contributed by atoms with Gasteiger partial charge in [-0.25, -0.2) is 0 Å². The van der Waals surface area contributed by atoms with Gasteiger partial charge in [-0.05, 0) is 6.07 Å². The van der Waals surface area contributed by atoms with Gasteiger partial charge in [-0.1, -0.05) is 23.9 Å². The van der Waals surface area contributed by atoms with E-state index in [9.17, 15) is 10.1 Å². The Morgan fingerprint density at radius 1 is 1.47 bits per heavy atom. The van der Waals surface area contributed by atoms with Gasteiger partial charge in [0.25, 0.3) is 0 Å². The van der Waals surface area contributed by atoms with Crippen molar-refractivity contribution in [2.24, 2.45) is 7.05 Å². The van der Waals surface area contributed by atoms with Crippen LogP contribution in [0.1, 0.15) is 0 Å². The van der Waals surface area contributed by atoms with Gasteiger partial charge in [-0.3, -0.25) is 10.1 Å². The summed E-state index contributed by atoms with van der Waals surface area (Å²) in [5.74, 6) is 0.921. The summed E-state index contributed by atoms with van der Waals surface area (Å²) in [5, 5.41) is 19.2. The van der Waals surface area contributed by atoms with Crippen LogP contribution in [0.3, 0.4) is 0 Å². The molecule has 0 bridgehead atoms. The number of nitrogens with zero attached hydrogens (tertiary/aromatic N) is 4. The van der Waals surface area contributed by atoms with E-state index >= 15 is 0 Å². The van der Waals surface area contributed by atoms with Crippen molar-refractivity contribution in [1.29, 1.82) is 0 Å². The number of benzene rings is 1. The molecule has 0 aliphatic heterocycles. The lowest BCUT2D eigenvalue weighted by Gasteiger charge is -2.05. The number of rotatable bonds is 6. The molecule has 0 saturated heterocycles. The zero-order valence-corrected chi connectivity index (χ0v) is 11.0. The molecule has 0 amide bonds. The Kier molecular flexibility index (Phi) is 4.35. The third-order valence-corrected chi connectivity index (χ3v) is 3.30. The summed E-state index contributed by atoms with van der Waals surface area (Å²) in [7, 11) is 1.85. The van der Waals surface area contributed by atoms with Crippen molar-refractivity contribution < 1.29 is 9.66 Å². The zero-order valence-electron chi connectivity index (χ0n) is 10.2. The Morgan fingerprint density at radius 3 is 2.95 bits per heavy atom. The molecule has 0 aliphatic carbocycles. The van der Waals surface area contributed by atoms with Crippen LogP contribution < -0.4 is 4.74 Å². The van der Waals surface area contributed by atoms with Crippen molar-refractivity contribution in [2.45, 2.75) is 5.16 Å². The number of para-hydroxylation sites is 2. The van der Waals surface area contributed by atoms with Gasteiger partial charge in [-0.2, -0.15) is 0 Å². The molecule has 0 spiro atoms. The normalized spacial score (nSPS) is 10.4. The van der Waals surface area contributed by atoms with Crippen LogP contribution in [-0.4, -0.2) is 32.0 Å². The second-order valence-electron chi connectivity index (χ2n) is 3.65. The zero-order chi connectivity index (χ0) is 13.7. The fourth-order valence-electron chi connectivity index (χ4n) is 1.42. The van der Waals surface area contributed by atoms with Gasteiger partial charge in [0.1, 0.15) is 6.33 Å². The van der Waals surface area contributed by atoms with Crippen molar-refractivity contribution in [2.75, 3.05) is 12.4 Å². The van der Waals surface area contributed by atoms with Crippen LogP contribution in [0, 0.1) is 10.1 Å². The Bertz CT molecular complexity index is 573. The second-order valence-corrected chi connectivity index (χ2v) is 4.71. The first-order valence-electron chi connectivity index (χ1n) is 5.51. The first-order chi connectivity index (χ1) is 9.18. The average molecular weight is 280 g/mol. The molecule has 0 fully saturated rings. The predicted molar refractivity (Wildman–Crippen MR) is 70.3 cm³/mol. The molecule has 1 heterocycles. The monoisotopic (exact) mass is 280 g/mol. The van der Waals surface area contributed by atoms with Gasteiger partial charge in [0.15, 0.2) is 10.9 Å². The van der Waals surface area contributed by atoms with Crippen LogP contribution in [0.2, 0.25) is 0 Å². The van der Waals surface area contributed by atoms with E-state index in [1.807, 2.05) is 7.05 Å². The lowest BCUT2D eigenvalue weighted by atomic mass is 10.3. The maximum Gasteiger partial charge on any atom is 0.310 e. The lowest BCUT2D eigenvalue weighted by molar-refractivity contribution is -0.385. The number of aryl methyl sites for hydroxylation is 1. The Hall–Kier alpha value is -2.09. The summed E-state index contributed by atoms with van der Waals surface area (Å²) in [6.45, 7) is 0.363. The van der Waals surface area contributed by atoms with Gasteiger partial charge in [0.05, 0.1) is 11.5 Å². The number of hydrogen-bond donors (Lipinski definition) is 0. The van der Waals surface area contributed by atoms with Crippen molar-refractivity contribution >= 4 is 17.4 Å². The highest BCUT2D eigenvalue weighted by molar-refractivity contribution is 7.99. The number of nitro benzene ring substituents is 1. The summed E-state index contributed by atoms with van der Waals surface area (Å²) in [4.78, 5) is 10.3. The maximum atomic E-state index is 10.8. The molecule has 2 aromatic rings. The number of aromatic nitrogens is 3. The van der Waals surface area contributed by atoms with Gasteiger partial charge in [-0.15, -0.1) is 10.2 Å². The van der Waals surface area contributed by atoms with Crippen LogP contribution in [0.5, 0.6) is 5.75 Å². The van der Waals surface area contributed by atoms with Crippen LogP contribution in [-0.2, 0) is 7.05 Å². The molecule has 0 saturated carbocycles. The number of nitro groups is 1. The second kappa shape index (κ2) is 6.19. The van der Waals surface area contributed by atoms with E-state index in [-0.39, 0.29) is 11.4 Å². The van der Waals surface area contributed by atoms with E-state index in [4.69, 9.17) is 4.74 Å². The minimum Gasteiger partial charge on any atom is -0.486 e. The summed E-state index contributed by atoms with van der Waals surface area (Å²) >= 11 is 1.48. The van der Waals surface area contributed by atoms with Crippen molar-refractivity contribution in [1.82, 2.24) is 14.8 Å². The van der Waals surface area contributed by atoms with E-state index in [0.29, 0.717) is 12.4 Å². The third kappa shape index (κ3) is 3.44. The Balaban J connectivity index is 1.86. The largest absolute Gasteiger partial charge is 0.486 e. The summed E-state index contributed by atoms with van der Waals surface area (Å²) in [6, 6.07) is 6.33. The highest BCUT2D eigenvalue weighted by atomic mass is 32.2. The smallest absolute Gasteiger partial charge is 0.310 e. The van der Waals surface area contributed by atoms with Crippen LogP contribution >= 0.6 is 11.8 Å². The van der Waals surface area contributed by atoms with E-state index in [2.05, 4.69) is 10.2 Å². The van der Waals surface area contributed by atoms with Crippen molar-refractivity contribution in [3.05, 3.63) is 40.7 Å². The van der Waals surface area contributed by atoms with E-state index < -0.39 is 4.92 Å². The van der Waals surface area contributed by atoms with Crippen LogP contribution in [0.25, 0.3) is 0 Å². The maximum absolute atomic E-state index is 10.8. The fraction of sp³-hybridized carbons (Fsp3) is 0.273. The first kappa shape index (κ1) is 13.3. The molecule has 19 heavy (non-hydrogen) atoms. The van der Waals surface area contributed by atoms with Gasteiger partial charge < -0.3 is 9.30 Å². The van der Waals surface area contributed by atoms with Gasteiger partial charge in [0, 0.05) is 18.9 Å².